The largest absolute Gasteiger partial charge is 0.0622 e. The normalized spacial score (nSPS) is 12.2. The Morgan fingerprint density at radius 3 is 1.45 bits per heavy atom. The molecule has 9 aromatic rings. The molecule has 0 saturated carbocycles. The van der Waals surface area contributed by atoms with Crippen molar-refractivity contribution < 1.29 is 0 Å². The van der Waals surface area contributed by atoms with Crippen LogP contribution in [0.25, 0.3) is 110 Å². The Morgan fingerprint density at radius 2 is 0.755 bits per heavy atom. The molecule has 0 nitrogen and oxygen atoms in total. The molecular formula is C49H30. The lowest BCUT2D eigenvalue weighted by Gasteiger charge is -2.20. The Hall–Kier alpha value is -6.24. The first-order chi connectivity index (χ1) is 24.3. The SMILES string of the molecule is Cc1ccc2c3c(cccc13)-c1ccc(-c3ccc4c5c(cccc35)-c3c-4c(-c4ccccc4)c4ccccc4c3-c3ccccc3)cc1-2. The Kier molecular flexibility index (Phi) is 5.41. The Morgan fingerprint density at radius 1 is 0.265 bits per heavy atom. The van der Waals surface area contributed by atoms with Gasteiger partial charge in [-0.3, -0.25) is 0 Å². The molecule has 0 aliphatic heterocycles. The summed E-state index contributed by atoms with van der Waals surface area (Å²) in [7, 11) is 0. The molecule has 0 radical (unpaired) electrons. The second-order valence-electron chi connectivity index (χ2n) is 13.6. The minimum Gasteiger partial charge on any atom is -0.0622 e. The third-order valence-corrected chi connectivity index (χ3v) is 11.1. The van der Waals surface area contributed by atoms with Crippen molar-refractivity contribution in [3.63, 3.8) is 0 Å². The third-order valence-electron chi connectivity index (χ3n) is 11.1. The van der Waals surface area contributed by atoms with Crippen molar-refractivity contribution in [2.75, 3.05) is 0 Å². The van der Waals surface area contributed by atoms with E-state index in [2.05, 4.69) is 171 Å². The van der Waals surface area contributed by atoms with E-state index in [0.29, 0.717) is 0 Å². The molecule has 0 N–H and O–H groups in total. The maximum atomic E-state index is 2.44. The Bertz CT molecular complexity index is 2760. The lowest BCUT2D eigenvalue weighted by Crippen LogP contribution is -1.93. The van der Waals surface area contributed by atoms with Gasteiger partial charge >= 0.3 is 0 Å². The van der Waals surface area contributed by atoms with Gasteiger partial charge in [-0.2, -0.15) is 0 Å². The van der Waals surface area contributed by atoms with Crippen LogP contribution in [0.3, 0.4) is 0 Å². The molecule has 0 fully saturated rings. The summed E-state index contributed by atoms with van der Waals surface area (Å²) in [5.41, 5.74) is 19.7. The van der Waals surface area contributed by atoms with Crippen molar-refractivity contribution in [3.8, 4) is 77.9 Å². The fourth-order valence-corrected chi connectivity index (χ4v) is 9.03. The van der Waals surface area contributed by atoms with Gasteiger partial charge in [-0.15, -0.1) is 0 Å². The highest BCUT2D eigenvalue weighted by atomic mass is 14.3. The van der Waals surface area contributed by atoms with Gasteiger partial charge in [-0.1, -0.05) is 158 Å². The predicted octanol–water partition coefficient (Wildman–Crippen LogP) is 13.8. The van der Waals surface area contributed by atoms with Crippen molar-refractivity contribution in [3.05, 3.63) is 169 Å². The van der Waals surface area contributed by atoms with Crippen molar-refractivity contribution in [1.82, 2.24) is 0 Å². The first-order valence-electron chi connectivity index (χ1n) is 17.2. The zero-order valence-electron chi connectivity index (χ0n) is 27.1. The summed E-state index contributed by atoms with van der Waals surface area (Å²) in [6.45, 7) is 2.22. The summed E-state index contributed by atoms with van der Waals surface area (Å²) in [5, 5.41) is 7.97. The summed E-state index contributed by atoms with van der Waals surface area (Å²) in [6.07, 6.45) is 0. The van der Waals surface area contributed by atoms with Crippen LogP contribution in [0, 0.1) is 6.92 Å². The van der Waals surface area contributed by atoms with Gasteiger partial charge in [0.05, 0.1) is 0 Å². The van der Waals surface area contributed by atoms with E-state index < -0.39 is 0 Å². The highest BCUT2D eigenvalue weighted by molar-refractivity contribution is 6.29. The predicted molar refractivity (Wildman–Crippen MR) is 209 cm³/mol. The van der Waals surface area contributed by atoms with E-state index in [4.69, 9.17) is 0 Å². The average Bonchev–Trinajstić information content (AvgIpc) is 3.67. The van der Waals surface area contributed by atoms with Crippen LogP contribution < -0.4 is 0 Å². The molecule has 2 aliphatic carbocycles. The molecule has 0 spiro atoms. The number of benzene rings is 9. The van der Waals surface area contributed by atoms with Crippen molar-refractivity contribution in [2.45, 2.75) is 6.92 Å². The second kappa shape index (κ2) is 9.89. The van der Waals surface area contributed by atoms with Crippen molar-refractivity contribution in [2.24, 2.45) is 0 Å². The molecule has 0 unspecified atom stereocenters. The number of rotatable bonds is 3. The van der Waals surface area contributed by atoms with E-state index in [0.717, 1.165) is 0 Å². The zero-order valence-corrected chi connectivity index (χ0v) is 27.1. The van der Waals surface area contributed by atoms with E-state index in [1.165, 1.54) is 116 Å². The first-order valence-corrected chi connectivity index (χ1v) is 17.2. The van der Waals surface area contributed by atoms with Crippen LogP contribution in [0.5, 0.6) is 0 Å². The van der Waals surface area contributed by atoms with Crippen LogP contribution in [0.2, 0.25) is 0 Å². The fraction of sp³-hybridized carbons (Fsp3) is 0.0204. The van der Waals surface area contributed by atoms with Gasteiger partial charge in [-0.05, 0) is 129 Å². The number of aryl methyl sites for hydroxylation is 1. The molecule has 226 valence electrons. The first kappa shape index (κ1) is 26.8. The van der Waals surface area contributed by atoms with Gasteiger partial charge in [-0.25, -0.2) is 0 Å². The second-order valence-corrected chi connectivity index (χ2v) is 13.6. The number of fused-ring (bicyclic) bond motifs is 7. The summed E-state index contributed by atoms with van der Waals surface area (Å²) in [5.74, 6) is 0. The van der Waals surface area contributed by atoms with Gasteiger partial charge in [0, 0.05) is 0 Å². The molecule has 0 heterocycles. The zero-order chi connectivity index (χ0) is 32.2. The molecule has 0 amide bonds. The molecule has 49 heavy (non-hydrogen) atoms. The monoisotopic (exact) mass is 618 g/mol. The highest BCUT2D eigenvalue weighted by Crippen LogP contribution is 2.59. The maximum absolute atomic E-state index is 2.44. The fourth-order valence-electron chi connectivity index (χ4n) is 9.03. The van der Waals surface area contributed by atoms with E-state index in [9.17, 15) is 0 Å². The van der Waals surface area contributed by atoms with Crippen LogP contribution in [0.15, 0.2) is 164 Å². The molecular weight excluding hydrogens is 589 g/mol. The van der Waals surface area contributed by atoms with Crippen molar-refractivity contribution in [1.29, 1.82) is 0 Å². The quantitative estimate of drug-likeness (QED) is 0.185. The van der Waals surface area contributed by atoms with Gasteiger partial charge in [0.1, 0.15) is 0 Å². The van der Waals surface area contributed by atoms with E-state index in [-0.39, 0.29) is 0 Å². The summed E-state index contributed by atoms with van der Waals surface area (Å²) in [6, 6.07) is 61.1. The highest BCUT2D eigenvalue weighted by Gasteiger charge is 2.31. The molecule has 2 aliphatic rings. The number of hydrogen-bond acceptors (Lipinski definition) is 0. The van der Waals surface area contributed by atoms with Gasteiger partial charge in [0.15, 0.2) is 0 Å². The molecule has 9 aromatic carbocycles. The van der Waals surface area contributed by atoms with Crippen LogP contribution in [0.4, 0.5) is 0 Å². The van der Waals surface area contributed by atoms with E-state index >= 15 is 0 Å². The standard InChI is InChI=1S/C49H30/c1-29-22-24-40-43-28-32(23-25-35(43)37-20-10-18-33(29)46(37)40)34-26-27-42-47-36(34)19-11-21-41(47)48-44(30-12-4-2-5-13-30)38-16-8-9-17-39(38)45(49(42)48)31-14-6-3-7-15-31/h2-28H,1H3. The van der Waals surface area contributed by atoms with Gasteiger partial charge in [0.2, 0.25) is 0 Å². The molecule has 0 aromatic heterocycles. The molecule has 0 heteroatoms. The summed E-state index contributed by atoms with van der Waals surface area (Å²) in [4.78, 5) is 0. The van der Waals surface area contributed by atoms with Gasteiger partial charge < -0.3 is 0 Å². The number of hydrogen-bond donors (Lipinski definition) is 0. The van der Waals surface area contributed by atoms with Crippen LogP contribution in [0.1, 0.15) is 5.56 Å². The lowest BCUT2D eigenvalue weighted by molar-refractivity contribution is 1.54. The van der Waals surface area contributed by atoms with Crippen LogP contribution in [-0.4, -0.2) is 0 Å². The van der Waals surface area contributed by atoms with Crippen LogP contribution >= 0.6 is 0 Å². The van der Waals surface area contributed by atoms with Gasteiger partial charge in [0.25, 0.3) is 0 Å². The van der Waals surface area contributed by atoms with Crippen LogP contribution in [-0.2, 0) is 0 Å². The average molecular weight is 619 g/mol. The molecule has 0 saturated heterocycles. The molecule has 11 rings (SSSR count). The Balaban J connectivity index is 1.21. The maximum Gasteiger partial charge on any atom is -0.000741 e. The topological polar surface area (TPSA) is 0 Å². The summed E-state index contributed by atoms with van der Waals surface area (Å²) >= 11 is 0. The molecule has 0 bridgehead atoms. The molecule has 0 atom stereocenters. The van der Waals surface area contributed by atoms with E-state index in [1.807, 2.05) is 0 Å². The lowest BCUT2D eigenvalue weighted by atomic mass is 9.82. The Labute approximate surface area is 285 Å². The van der Waals surface area contributed by atoms with Crippen molar-refractivity contribution >= 4 is 32.3 Å². The third kappa shape index (κ3) is 3.58. The van der Waals surface area contributed by atoms with E-state index in [1.54, 1.807) is 0 Å². The minimum absolute atomic E-state index is 1.25. The smallest absolute Gasteiger partial charge is 0.000741 e. The summed E-state index contributed by atoms with van der Waals surface area (Å²) < 4.78 is 0. The minimum atomic E-state index is 1.25.